The number of benzene rings is 1. The van der Waals surface area contributed by atoms with Gasteiger partial charge in [-0.25, -0.2) is 9.59 Å². The Hall–Kier alpha value is -3.66. The van der Waals surface area contributed by atoms with Crippen LogP contribution in [0.4, 0.5) is 0 Å². The average molecular weight is 474 g/mol. The molecular weight excluding hydrogens is 442 g/mol. The Bertz CT molecular complexity index is 933. The third-order valence-corrected chi connectivity index (χ3v) is 5.43. The van der Waals surface area contributed by atoms with Gasteiger partial charge >= 0.3 is 11.9 Å². The summed E-state index contributed by atoms with van der Waals surface area (Å²) in [5.74, 6) is -1.94. The molecule has 1 aromatic carbocycles. The van der Waals surface area contributed by atoms with Crippen molar-refractivity contribution in [2.75, 3.05) is 33.9 Å². The first kappa shape index (κ1) is 26.6. The Morgan fingerprint density at radius 2 is 1.71 bits per heavy atom. The monoisotopic (exact) mass is 473 g/mol. The molecule has 1 aliphatic heterocycles. The van der Waals surface area contributed by atoms with E-state index in [4.69, 9.17) is 29.3 Å². The zero-order valence-electron chi connectivity index (χ0n) is 19.4. The molecule has 0 atom stereocenters. The Labute approximate surface area is 198 Å². The quantitative estimate of drug-likeness (QED) is 0.490. The molecule has 2 aromatic rings. The Morgan fingerprint density at radius 3 is 2.26 bits per heavy atom. The van der Waals surface area contributed by atoms with Gasteiger partial charge in [0.1, 0.15) is 0 Å². The highest BCUT2D eigenvalue weighted by molar-refractivity contribution is 6.27. The summed E-state index contributed by atoms with van der Waals surface area (Å²) in [5, 5.41) is 17.9. The number of pyridine rings is 1. The van der Waals surface area contributed by atoms with Gasteiger partial charge in [-0.3, -0.25) is 14.7 Å². The van der Waals surface area contributed by atoms with Crippen molar-refractivity contribution in [3.63, 3.8) is 0 Å². The fraction of sp³-hybridized carbons (Fsp3) is 0.417. The van der Waals surface area contributed by atoms with Crippen molar-refractivity contribution in [3.05, 3.63) is 53.9 Å². The number of aliphatic carboxylic acids is 2. The molecule has 10 heteroatoms. The molecule has 0 unspecified atom stereocenters. The zero-order valence-corrected chi connectivity index (χ0v) is 19.4. The molecule has 0 bridgehead atoms. The second-order valence-electron chi connectivity index (χ2n) is 7.75. The molecule has 0 radical (unpaired) electrons. The third-order valence-electron chi connectivity index (χ3n) is 5.43. The predicted octanol–water partition coefficient (Wildman–Crippen LogP) is 1.83. The molecule has 1 fully saturated rings. The number of ether oxygens (including phenoxy) is 2. The lowest BCUT2D eigenvalue weighted by molar-refractivity contribution is -0.159. The molecule has 1 aliphatic rings. The van der Waals surface area contributed by atoms with E-state index in [1.54, 1.807) is 20.4 Å². The number of nitrogens with zero attached hydrogens (tertiary/aromatic N) is 2. The lowest BCUT2D eigenvalue weighted by Crippen LogP contribution is -2.40. The minimum Gasteiger partial charge on any atom is -0.493 e. The molecule has 3 N–H and O–H groups in total. The molecule has 0 aliphatic carbocycles. The number of carboxylic acid groups (broad SMARTS) is 2. The van der Waals surface area contributed by atoms with Crippen LogP contribution in [0.1, 0.15) is 24.0 Å². The van der Waals surface area contributed by atoms with Gasteiger partial charge in [-0.1, -0.05) is 12.1 Å². The number of hydrogen-bond acceptors (Lipinski definition) is 7. The van der Waals surface area contributed by atoms with E-state index in [1.165, 1.54) is 5.56 Å². The molecule has 0 spiro atoms. The van der Waals surface area contributed by atoms with Crippen LogP contribution in [-0.4, -0.2) is 71.8 Å². The molecule has 0 saturated carbocycles. The van der Waals surface area contributed by atoms with E-state index in [2.05, 4.69) is 21.3 Å². The van der Waals surface area contributed by atoms with E-state index in [9.17, 15) is 4.79 Å². The van der Waals surface area contributed by atoms with Crippen LogP contribution >= 0.6 is 0 Å². The predicted molar refractivity (Wildman–Crippen MR) is 124 cm³/mol. The highest BCUT2D eigenvalue weighted by atomic mass is 16.5. The lowest BCUT2D eigenvalue weighted by Gasteiger charge is -2.31. The first-order valence-corrected chi connectivity index (χ1v) is 10.9. The molecule has 1 saturated heterocycles. The van der Waals surface area contributed by atoms with Gasteiger partial charge in [0, 0.05) is 31.4 Å². The summed E-state index contributed by atoms with van der Waals surface area (Å²) in [5.41, 5.74) is 2.34. The van der Waals surface area contributed by atoms with Gasteiger partial charge in [0.15, 0.2) is 11.5 Å². The number of carboxylic acids is 2. The van der Waals surface area contributed by atoms with Crippen LogP contribution in [0.3, 0.4) is 0 Å². The maximum Gasteiger partial charge on any atom is 0.414 e. The number of hydrogen-bond donors (Lipinski definition) is 3. The second-order valence-corrected chi connectivity index (χ2v) is 7.75. The standard InChI is InChI=1S/C22H29N3O3.C2H2O4/c1-27-20-6-5-17(14-21(20)28-2)7-11-24-22(26)19-8-12-25(13-9-19)16-18-4-3-10-23-15-18;3-1(4)2(5)6/h3-6,10,14-15,19H,7-9,11-13,16H2,1-2H3,(H,24,26);(H,3,4)(H,5,6). The highest BCUT2D eigenvalue weighted by Gasteiger charge is 2.24. The fourth-order valence-corrected chi connectivity index (χ4v) is 3.61. The summed E-state index contributed by atoms with van der Waals surface area (Å²) in [6.07, 6.45) is 6.28. The van der Waals surface area contributed by atoms with Crippen LogP contribution in [0, 0.1) is 5.92 Å². The Kier molecular flexibility index (Phi) is 10.8. The van der Waals surface area contributed by atoms with E-state index in [0.717, 1.165) is 44.5 Å². The van der Waals surface area contributed by atoms with Crippen LogP contribution in [0.5, 0.6) is 11.5 Å². The van der Waals surface area contributed by atoms with Gasteiger partial charge in [-0.05, 0) is 61.7 Å². The second kappa shape index (κ2) is 13.8. The van der Waals surface area contributed by atoms with E-state index >= 15 is 0 Å². The maximum atomic E-state index is 12.5. The summed E-state index contributed by atoms with van der Waals surface area (Å²) in [4.78, 5) is 37.3. The molecule has 2 heterocycles. The number of nitrogens with one attached hydrogen (secondary N) is 1. The van der Waals surface area contributed by atoms with E-state index < -0.39 is 11.9 Å². The SMILES string of the molecule is COc1ccc(CCNC(=O)C2CCN(Cc3cccnc3)CC2)cc1OC.O=C(O)C(=O)O. The highest BCUT2D eigenvalue weighted by Crippen LogP contribution is 2.27. The van der Waals surface area contributed by atoms with Crippen molar-refractivity contribution < 1.29 is 34.1 Å². The van der Waals surface area contributed by atoms with Gasteiger partial charge in [0.2, 0.25) is 5.91 Å². The van der Waals surface area contributed by atoms with Crippen molar-refractivity contribution >= 4 is 17.8 Å². The maximum absolute atomic E-state index is 12.5. The first-order valence-electron chi connectivity index (χ1n) is 10.9. The number of piperidine rings is 1. The van der Waals surface area contributed by atoms with Crippen molar-refractivity contribution in [2.24, 2.45) is 5.92 Å². The fourth-order valence-electron chi connectivity index (χ4n) is 3.61. The summed E-state index contributed by atoms with van der Waals surface area (Å²) < 4.78 is 10.6. The summed E-state index contributed by atoms with van der Waals surface area (Å²) in [6, 6.07) is 9.92. The van der Waals surface area contributed by atoms with Crippen LogP contribution < -0.4 is 14.8 Å². The van der Waals surface area contributed by atoms with Gasteiger partial charge in [-0.2, -0.15) is 0 Å². The Balaban J connectivity index is 0.000000604. The van der Waals surface area contributed by atoms with Gasteiger partial charge in [0.05, 0.1) is 14.2 Å². The van der Waals surface area contributed by atoms with Crippen LogP contribution in [0.15, 0.2) is 42.7 Å². The number of rotatable bonds is 8. The average Bonchev–Trinajstić information content (AvgIpc) is 2.85. The zero-order chi connectivity index (χ0) is 24.9. The number of methoxy groups -OCH3 is 2. The van der Waals surface area contributed by atoms with Crippen LogP contribution in [-0.2, 0) is 27.3 Å². The van der Waals surface area contributed by atoms with Gasteiger partial charge in [-0.15, -0.1) is 0 Å². The van der Waals surface area contributed by atoms with Gasteiger partial charge in [0.25, 0.3) is 0 Å². The van der Waals surface area contributed by atoms with Gasteiger partial charge < -0.3 is 25.0 Å². The van der Waals surface area contributed by atoms with Crippen molar-refractivity contribution in [3.8, 4) is 11.5 Å². The third kappa shape index (κ3) is 8.70. The number of aromatic nitrogens is 1. The molecular formula is C24H31N3O7. The number of likely N-dealkylation sites (tertiary alicyclic amines) is 1. The number of carbonyl (C=O) groups is 3. The molecule has 1 aromatic heterocycles. The smallest absolute Gasteiger partial charge is 0.414 e. The van der Waals surface area contributed by atoms with Crippen LogP contribution in [0.25, 0.3) is 0 Å². The minimum absolute atomic E-state index is 0.107. The summed E-state index contributed by atoms with van der Waals surface area (Å²) in [6.45, 7) is 3.43. The van der Waals surface area contributed by atoms with E-state index in [0.29, 0.717) is 18.0 Å². The number of carbonyl (C=O) groups excluding carboxylic acids is 1. The molecule has 1 amide bonds. The summed E-state index contributed by atoms with van der Waals surface area (Å²) >= 11 is 0. The summed E-state index contributed by atoms with van der Waals surface area (Å²) in [7, 11) is 3.25. The first-order chi connectivity index (χ1) is 16.3. The largest absolute Gasteiger partial charge is 0.493 e. The normalized spacial score (nSPS) is 13.8. The molecule has 10 nitrogen and oxygen atoms in total. The van der Waals surface area contributed by atoms with Crippen LogP contribution in [0.2, 0.25) is 0 Å². The number of amides is 1. The van der Waals surface area contributed by atoms with Crippen molar-refractivity contribution in [1.29, 1.82) is 0 Å². The lowest BCUT2D eigenvalue weighted by atomic mass is 9.95. The van der Waals surface area contributed by atoms with Crippen molar-refractivity contribution in [1.82, 2.24) is 15.2 Å². The Morgan fingerprint density at radius 1 is 1.03 bits per heavy atom. The molecule has 34 heavy (non-hydrogen) atoms. The molecule has 184 valence electrons. The minimum atomic E-state index is -1.82. The van der Waals surface area contributed by atoms with E-state index in [1.807, 2.05) is 30.5 Å². The van der Waals surface area contributed by atoms with E-state index in [-0.39, 0.29) is 11.8 Å². The van der Waals surface area contributed by atoms with Crippen molar-refractivity contribution in [2.45, 2.75) is 25.8 Å². The topological polar surface area (TPSA) is 138 Å². The molecule has 3 rings (SSSR count).